The van der Waals surface area contributed by atoms with Gasteiger partial charge in [0.1, 0.15) is 17.5 Å². The number of aromatic carboxylic acids is 1. The van der Waals surface area contributed by atoms with Crippen molar-refractivity contribution in [2.24, 2.45) is 0 Å². The lowest BCUT2D eigenvalue weighted by atomic mass is 10.4. The third-order valence-electron chi connectivity index (χ3n) is 2.24. The smallest absolute Gasteiger partial charge is 0.352 e. The Morgan fingerprint density at radius 2 is 1.95 bits per heavy atom. The number of H-pyrrole nitrogens is 3. The number of imidazole rings is 1. The molecule has 0 fully saturated rings. The van der Waals surface area contributed by atoms with Crippen LogP contribution in [0, 0.1) is 0 Å². The molecule has 6 N–H and O–H groups in total. The molecule has 0 aliphatic rings. The van der Waals surface area contributed by atoms with Gasteiger partial charge in [0.25, 0.3) is 5.56 Å². The maximum absolute atomic E-state index is 10.5. The number of nitrogens with two attached hydrogens (primary N) is 1. The van der Waals surface area contributed by atoms with Crippen LogP contribution in [0.3, 0.4) is 0 Å². The predicted molar refractivity (Wildman–Crippen MR) is 70.7 cm³/mol. The van der Waals surface area contributed by atoms with Crippen LogP contribution in [0.25, 0.3) is 11.2 Å². The van der Waals surface area contributed by atoms with E-state index in [9.17, 15) is 14.4 Å². The predicted octanol–water partition coefficient (Wildman–Crippen LogP) is -1.30. The molecule has 0 aliphatic carbocycles. The summed E-state index contributed by atoms with van der Waals surface area (Å²) in [6.45, 7) is 0. The fourth-order valence-corrected chi connectivity index (χ4v) is 1.37. The van der Waals surface area contributed by atoms with E-state index in [2.05, 4.69) is 19.9 Å². The van der Waals surface area contributed by atoms with Gasteiger partial charge in [-0.3, -0.25) is 9.78 Å². The van der Waals surface area contributed by atoms with Gasteiger partial charge in [0, 0.05) is 6.07 Å². The third kappa shape index (κ3) is 3.28. The Balaban J connectivity index is 0.000000154. The Morgan fingerprint density at radius 1 is 1.19 bits per heavy atom. The van der Waals surface area contributed by atoms with Crippen molar-refractivity contribution in [1.29, 1.82) is 0 Å². The largest absolute Gasteiger partial charge is 0.477 e. The first-order valence-corrected chi connectivity index (χ1v) is 5.44. The van der Waals surface area contributed by atoms with Gasteiger partial charge in [-0.15, -0.1) is 0 Å². The lowest BCUT2D eigenvalue weighted by Gasteiger charge is -1.89. The van der Waals surface area contributed by atoms with Crippen LogP contribution in [0.5, 0.6) is 0 Å². The van der Waals surface area contributed by atoms with E-state index in [1.54, 1.807) is 0 Å². The van der Waals surface area contributed by atoms with Crippen molar-refractivity contribution in [3.63, 3.8) is 0 Å². The maximum atomic E-state index is 10.5. The van der Waals surface area contributed by atoms with Crippen molar-refractivity contribution in [3.05, 3.63) is 45.3 Å². The number of carboxylic acids is 1. The molecule has 108 valence electrons. The first-order valence-electron chi connectivity index (χ1n) is 5.44. The summed E-state index contributed by atoms with van der Waals surface area (Å²) in [5.41, 5.74) is 4.81. The van der Waals surface area contributed by atoms with E-state index in [1.165, 1.54) is 12.7 Å². The standard InChI is InChI=1S/C5H5N5.C5H4N2O4/c6-4-3-5(9-1-7-3)10-2-8-4;8-3-1-2(4(9)10)6-5(11)7-3/h1-2H,(H3,6,7,8,9,10);1H,(H,9,10)(H2,6,7,8,11). The molecule has 0 saturated heterocycles. The molecule has 0 bridgehead atoms. The molecule has 3 heterocycles. The first kappa shape index (κ1) is 13.9. The number of nitrogens with one attached hydrogen (secondary N) is 3. The van der Waals surface area contributed by atoms with Crippen LogP contribution in [0.1, 0.15) is 10.5 Å². The van der Waals surface area contributed by atoms with Crippen LogP contribution < -0.4 is 17.0 Å². The average molecular weight is 291 g/mol. The highest BCUT2D eigenvalue weighted by molar-refractivity contribution is 5.84. The molecule has 11 heteroatoms. The maximum Gasteiger partial charge on any atom is 0.352 e. The van der Waals surface area contributed by atoms with Crippen LogP contribution >= 0.6 is 0 Å². The van der Waals surface area contributed by atoms with Crippen molar-refractivity contribution in [2.75, 3.05) is 5.73 Å². The number of rotatable bonds is 1. The second-order valence-electron chi connectivity index (χ2n) is 3.67. The topological polar surface area (TPSA) is 183 Å². The molecule has 0 spiro atoms. The number of aromatic amines is 3. The summed E-state index contributed by atoms with van der Waals surface area (Å²) in [7, 11) is 0. The molecule has 0 amide bonds. The van der Waals surface area contributed by atoms with E-state index in [0.29, 0.717) is 17.0 Å². The SMILES string of the molecule is Nc1ncnc2nc[nH]c12.O=C(O)c1cc(=O)[nH]c(=O)[nH]1. The zero-order valence-electron chi connectivity index (χ0n) is 10.3. The monoisotopic (exact) mass is 291 g/mol. The van der Waals surface area contributed by atoms with Gasteiger partial charge in [-0.25, -0.2) is 24.5 Å². The molecule has 0 saturated carbocycles. The Labute approximate surface area is 114 Å². The molecule has 0 atom stereocenters. The summed E-state index contributed by atoms with van der Waals surface area (Å²) in [6, 6.07) is 0.795. The molecule has 0 unspecified atom stereocenters. The van der Waals surface area contributed by atoms with Gasteiger partial charge in [0.15, 0.2) is 11.5 Å². The van der Waals surface area contributed by atoms with Crippen molar-refractivity contribution in [2.45, 2.75) is 0 Å². The van der Waals surface area contributed by atoms with E-state index in [0.717, 1.165) is 6.07 Å². The van der Waals surface area contributed by atoms with E-state index in [1.807, 2.05) is 9.97 Å². The number of aromatic nitrogens is 6. The molecular weight excluding hydrogens is 282 g/mol. The third-order valence-corrected chi connectivity index (χ3v) is 2.24. The highest BCUT2D eigenvalue weighted by Gasteiger charge is 2.03. The molecule has 21 heavy (non-hydrogen) atoms. The number of anilines is 1. The van der Waals surface area contributed by atoms with Crippen LogP contribution in [0.15, 0.2) is 28.3 Å². The van der Waals surface area contributed by atoms with Gasteiger partial charge in [-0.1, -0.05) is 0 Å². The Bertz CT molecular complexity index is 866. The van der Waals surface area contributed by atoms with Crippen molar-refractivity contribution >= 4 is 23.0 Å². The van der Waals surface area contributed by atoms with Crippen LogP contribution in [0.4, 0.5) is 5.82 Å². The van der Waals surface area contributed by atoms with Crippen molar-refractivity contribution < 1.29 is 9.90 Å². The van der Waals surface area contributed by atoms with Gasteiger partial charge in [-0.05, 0) is 0 Å². The number of carbonyl (C=O) groups is 1. The molecule has 0 radical (unpaired) electrons. The Morgan fingerprint density at radius 3 is 2.57 bits per heavy atom. The second-order valence-corrected chi connectivity index (χ2v) is 3.67. The minimum Gasteiger partial charge on any atom is -0.477 e. The van der Waals surface area contributed by atoms with E-state index < -0.39 is 22.9 Å². The fraction of sp³-hybridized carbons (Fsp3) is 0. The minimum atomic E-state index is -1.34. The number of nitrogen functional groups attached to an aromatic ring is 1. The summed E-state index contributed by atoms with van der Waals surface area (Å²) in [6.07, 6.45) is 2.92. The van der Waals surface area contributed by atoms with E-state index >= 15 is 0 Å². The number of nitrogens with zero attached hydrogens (tertiary/aromatic N) is 3. The van der Waals surface area contributed by atoms with Crippen molar-refractivity contribution in [1.82, 2.24) is 29.9 Å². The highest BCUT2D eigenvalue weighted by Crippen LogP contribution is 2.09. The molecule has 0 aromatic carbocycles. The summed E-state index contributed by atoms with van der Waals surface area (Å²) < 4.78 is 0. The van der Waals surface area contributed by atoms with Gasteiger partial charge < -0.3 is 20.8 Å². The lowest BCUT2D eigenvalue weighted by Crippen LogP contribution is -2.24. The van der Waals surface area contributed by atoms with Crippen molar-refractivity contribution in [3.8, 4) is 0 Å². The molecule has 11 nitrogen and oxygen atoms in total. The minimum absolute atomic E-state index is 0.418. The Kier molecular flexibility index (Phi) is 3.74. The molecule has 3 aromatic heterocycles. The lowest BCUT2D eigenvalue weighted by molar-refractivity contribution is 0.0689. The van der Waals surface area contributed by atoms with E-state index in [4.69, 9.17) is 10.8 Å². The molecule has 3 rings (SSSR count). The Hall–Kier alpha value is -3.50. The van der Waals surface area contributed by atoms with Gasteiger partial charge in [0.05, 0.1) is 6.33 Å². The number of carboxylic acid groups (broad SMARTS) is 1. The van der Waals surface area contributed by atoms with E-state index in [-0.39, 0.29) is 0 Å². The quantitative estimate of drug-likeness (QED) is 0.366. The normalized spacial score (nSPS) is 9.90. The van der Waals surface area contributed by atoms with Gasteiger partial charge in [0.2, 0.25) is 0 Å². The second kappa shape index (κ2) is 5.64. The number of fused-ring (bicyclic) bond motifs is 1. The summed E-state index contributed by atoms with van der Waals surface area (Å²) >= 11 is 0. The van der Waals surface area contributed by atoms with Crippen LogP contribution in [-0.4, -0.2) is 41.0 Å². The zero-order chi connectivity index (χ0) is 15.4. The zero-order valence-corrected chi connectivity index (χ0v) is 10.3. The van der Waals surface area contributed by atoms with Gasteiger partial charge >= 0.3 is 11.7 Å². The van der Waals surface area contributed by atoms with Gasteiger partial charge in [-0.2, -0.15) is 0 Å². The van der Waals surface area contributed by atoms with Crippen LogP contribution in [0.2, 0.25) is 0 Å². The summed E-state index contributed by atoms with van der Waals surface area (Å²) in [5.74, 6) is -0.907. The number of hydrogen-bond acceptors (Lipinski definition) is 7. The molecule has 0 aliphatic heterocycles. The first-order chi connectivity index (χ1) is 9.97. The summed E-state index contributed by atoms with van der Waals surface area (Å²) in [4.78, 5) is 49.2. The molecular formula is C10H9N7O4. The molecule has 3 aromatic rings. The van der Waals surface area contributed by atoms with Crippen LogP contribution in [-0.2, 0) is 0 Å². The highest BCUT2D eigenvalue weighted by atomic mass is 16.4. The fourth-order valence-electron chi connectivity index (χ4n) is 1.37. The number of hydrogen-bond donors (Lipinski definition) is 5. The average Bonchev–Trinajstić information content (AvgIpc) is 2.88. The summed E-state index contributed by atoms with van der Waals surface area (Å²) in [5, 5.41) is 8.31.